The number of cyclic esters (lactones) is 1. The van der Waals surface area contributed by atoms with Gasteiger partial charge in [-0.3, -0.25) is 9.59 Å². The van der Waals surface area contributed by atoms with Crippen LogP contribution >= 0.6 is 23.1 Å². The van der Waals surface area contributed by atoms with E-state index in [1.165, 1.54) is 23.1 Å². The lowest BCUT2D eigenvalue weighted by Gasteiger charge is -2.04. The van der Waals surface area contributed by atoms with Gasteiger partial charge in [0.05, 0.1) is 12.0 Å². The van der Waals surface area contributed by atoms with E-state index in [-0.39, 0.29) is 16.8 Å². The third-order valence-electron chi connectivity index (χ3n) is 3.65. The number of fused-ring (bicyclic) bond motifs is 1. The Labute approximate surface area is 139 Å². The van der Waals surface area contributed by atoms with Gasteiger partial charge >= 0.3 is 5.97 Å². The Kier molecular flexibility index (Phi) is 3.66. The van der Waals surface area contributed by atoms with Crippen LogP contribution in [0, 0.1) is 0 Å². The number of hydrogen-bond donors (Lipinski definition) is 1. The SMILES string of the molecule is O=C1OCC[C@@H]1Sc1nc2scc(-c3ccccc3)c2c(=O)[nH]1. The smallest absolute Gasteiger partial charge is 0.319 e. The highest BCUT2D eigenvalue weighted by atomic mass is 32.2. The molecule has 4 rings (SSSR count). The molecular weight excluding hydrogens is 332 g/mol. The van der Waals surface area contributed by atoms with Crippen molar-refractivity contribution in [1.29, 1.82) is 0 Å². The van der Waals surface area contributed by atoms with E-state index in [4.69, 9.17) is 4.74 Å². The predicted molar refractivity (Wildman–Crippen MR) is 90.9 cm³/mol. The van der Waals surface area contributed by atoms with Crippen molar-refractivity contribution in [3.8, 4) is 11.1 Å². The van der Waals surface area contributed by atoms with E-state index < -0.39 is 0 Å². The molecule has 23 heavy (non-hydrogen) atoms. The average molecular weight is 344 g/mol. The Morgan fingerprint density at radius 3 is 2.83 bits per heavy atom. The van der Waals surface area contributed by atoms with Gasteiger partial charge < -0.3 is 9.72 Å². The van der Waals surface area contributed by atoms with Crippen LogP contribution in [0.3, 0.4) is 0 Å². The summed E-state index contributed by atoms with van der Waals surface area (Å²) in [5.41, 5.74) is 1.70. The topological polar surface area (TPSA) is 72.0 Å². The minimum Gasteiger partial charge on any atom is -0.465 e. The maximum absolute atomic E-state index is 12.5. The van der Waals surface area contributed by atoms with Gasteiger partial charge in [-0.2, -0.15) is 0 Å². The maximum atomic E-state index is 12.5. The van der Waals surface area contributed by atoms with Gasteiger partial charge in [-0.25, -0.2) is 4.98 Å². The summed E-state index contributed by atoms with van der Waals surface area (Å²) in [6.45, 7) is 0.431. The van der Waals surface area contributed by atoms with Crippen LogP contribution in [0.4, 0.5) is 0 Å². The maximum Gasteiger partial charge on any atom is 0.319 e. The van der Waals surface area contributed by atoms with Gasteiger partial charge in [0.1, 0.15) is 10.1 Å². The fraction of sp³-hybridized carbons (Fsp3) is 0.188. The van der Waals surface area contributed by atoms with Crippen LogP contribution in [0.1, 0.15) is 6.42 Å². The molecule has 0 unspecified atom stereocenters. The standard InChI is InChI=1S/C16H12N2O3S2/c19-13-12-10(9-4-2-1-3-5-9)8-22-14(12)18-16(17-13)23-11-6-7-21-15(11)20/h1-5,8,11H,6-7H2,(H,17,18,19)/t11-/m0/s1. The van der Waals surface area contributed by atoms with Gasteiger partial charge in [-0.15, -0.1) is 11.3 Å². The highest BCUT2D eigenvalue weighted by Crippen LogP contribution is 2.33. The summed E-state index contributed by atoms with van der Waals surface area (Å²) >= 11 is 2.69. The molecule has 1 aromatic carbocycles. The van der Waals surface area contributed by atoms with Crippen molar-refractivity contribution in [3.05, 3.63) is 46.1 Å². The predicted octanol–water partition coefficient (Wildman–Crippen LogP) is 3.06. The lowest BCUT2D eigenvalue weighted by Crippen LogP contribution is -2.13. The van der Waals surface area contributed by atoms with Crippen molar-refractivity contribution in [2.24, 2.45) is 0 Å². The second-order valence-electron chi connectivity index (χ2n) is 5.13. The Bertz CT molecular complexity index is 933. The summed E-state index contributed by atoms with van der Waals surface area (Å²) in [6.07, 6.45) is 0.644. The Morgan fingerprint density at radius 1 is 1.26 bits per heavy atom. The summed E-state index contributed by atoms with van der Waals surface area (Å²) in [5.74, 6) is -0.242. The van der Waals surface area contributed by atoms with E-state index >= 15 is 0 Å². The Hall–Kier alpha value is -2.12. The molecule has 0 radical (unpaired) electrons. The highest BCUT2D eigenvalue weighted by molar-refractivity contribution is 8.00. The largest absolute Gasteiger partial charge is 0.465 e. The summed E-state index contributed by atoms with van der Waals surface area (Å²) < 4.78 is 4.94. The fourth-order valence-corrected chi connectivity index (χ4v) is 4.48. The molecule has 116 valence electrons. The number of nitrogens with zero attached hydrogens (tertiary/aromatic N) is 1. The van der Waals surface area contributed by atoms with E-state index in [9.17, 15) is 9.59 Å². The van der Waals surface area contributed by atoms with E-state index in [1.807, 2.05) is 35.7 Å². The molecule has 3 heterocycles. The first-order chi connectivity index (χ1) is 11.2. The van der Waals surface area contributed by atoms with E-state index in [0.29, 0.717) is 28.4 Å². The normalized spacial score (nSPS) is 17.6. The molecular formula is C16H12N2O3S2. The van der Waals surface area contributed by atoms with Crippen LogP contribution < -0.4 is 5.56 Å². The Morgan fingerprint density at radius 2 is 2.09 bits per heavy atom. The highest BCUT2D eigenvalue weighted by Gasteiger charge is 2.28. The minimum atomic E-state index is -0.288. The zero-order chi connectivity index (χ0) is 15.8. The number of thiophene rings is 1. The number of nitrogens with one attached hydrogen (secondary N) is 1. The molecule has 7 heteroatoms. The number of carbonyl (C=O) groups is 1. The number of aromatic nitrogens is 2. The number of hydrogen-bond acceptors (Lipinski definition) is 6. The van der Waals surface area contributed by atoms with Crippen LogP contribution in [0.15, 0.2) is 45.7 Å². The number of benzene rings is 1. The van der Waals surface area contributed by atoms with Gasteiger partial charge in [0.2, 0.25) is 0 Å². The van der Waals surface area contributed by atoms with Crippen molar-refractivity contribution in [3.63, 3.8) is 0 Å². The lowest BCUT2D eigenvalue weighted by atomic mass is 10.1. The van der Waals surface area contributed by atoms with Crippen molar-refractivity contribution in [2.45, 2.75) is 16.8 Å². The monoisotopic (exact) mass is 344 g/mol. The molecule has 3 aromatic rings. The Balaban J connectivity index is 1.75. The molecule has 0 aliphatic carbocycles. The molecule has 0 amide bonds. The lowest BCUT2D eigenvalue weighted by molar-refractivity contribution is -0.137. The first-order valence-electron chi connectivity index (χ1n) is 7.12. The van der Waals surface area contributed by atoms with Gasteiger partial charge in [0.25, 0.3) is 5.56 Å². The second kappa shape index (κ2) is 5.82. The van der Waals surface area contributed by atoms with Crippen LogP contribution in [-0.4, -0.2) is 27.8 Å². The molecule has 1 saturated heterocycles. The second-order valence-corrected chi connectivity index (χ2v) is 7.18. The number of H-pyrrole nitrogens is 1. The number of carbonyl (C=O) groups excluding carboxylic acids is 1. The van der Waals surface area contributed by atoms with Crippen LogP contribution in [0.2, 0.25) is 0 Å². The first kappa shape index (κ1) is 14.5. The van der Waals surface area contributed by atoms with E-state index in [2.05, 4.69) is 9.97 Å². The van der Waals surface area contributed by atoms with Crippen molar-refractivity contribution in [2.75, 3.05) is 6.61 Å². The van der Waals surface area contributed by atoms with Gasteiger partial charge in [0.15, 0.2) is 5.16 Å². The molecule has 0 bridgehead atoms. The number of thioether (sulfide) groups is 1. The summed E-state index contributed by atoms with van der Waals surface area (Å²) in [6, 6.07) is 9.76. The zero-order valence-electron chi connectivity index (χ0n) is 11.9. The number of aromatic amines is 1. The molecule has 0 saturated carbocycles. The summed E-state index contributed by atoms with van der Waals surface area (Å²) in [7, 11) is 0. The summed E-state index contributed by atoms with van der Waals surface area (Å²) in [4.78, 5) is 32.0. The number of ether oxygens (including phenoxy) is 1. The minimum absolute atomic E-state index is 0.177. The molecule has 1 aliphatic heterocycles. The first-order valence-corrected chi connectivity index (χ1v) is 8.88. The number of rotatable bonds is 3. The van der Waals surface area contributed by atoms with Crippen LogP contribution in [0.25, 0.3) is 21.3 Å². The number of esters is 1. The average Bonchev–Trinajstić information content (AvgIpc) is 3.15. The quantitative estimate of drug-likeness (QED) is 0.584. The molecule has 1 atom stereocenters. The van der Waals surface area contributed by atoms with Gasteiger partial charge in [0, 0.05) is 17.4 Å². The van der Waals surface area contributed by atoms with Gasteiger partial charge in [-0.1, -0.05) is 42.1 Å². The zero-order valence-corrected chi connectivity index (χ0v) is 13.6. The van der Waals surface area contributed by atoms with E-state index in [0.717, 1.165) is 11.1 Å². The fourth-order valence-electron chi connectivity index (χ4n) is 2.53. The molecule has 2 aromatic heterocycles. The molecule has 1 fully saturated rings. The van der Waals surface area contributed by atoms with Crippen LogP contribution in [0.5, 0.6) is 0 Å². The van der Waals surface area contributed by atoms with Crippen molar-refractivity contribution < 1.29 is 9.53 Å². The third kappa shape index (κ3) is 2.66. The summed E-state index contributed by atoms with van der Waals surface area (Å²) in [5, 5.41) is 2.72. The third-order valence-corrected chi connectivity index (χ3v) is 5.65. The van der Waals surface area contributed by atoms with Crippen LogP contribution in [-0.2, 0) is 9.53 Å². The van der Waals surface area contributed by atoms with Crippen molar-refractivity contribution in [1.82, 2.24) is 9.97 Å². The molecule has 1 aliphatic rings. The molecule has 1 N–H and O–H groups in total. The van der Waals surface area contributed by atoms with Crippen molar-refractivity contribution >= 4 is 39.3 Å². The van der Waals surface area contributed by atoms with Gasteiger partial charge in [-0.05, 0) is 5.56 Å². The molecule has 0 spiro atoms. The van der Waals surface area contributed by atoms with E-state index in [1.54, 1.807) is 0 Å². The molecule has 5 nitrogen and oxygen atoms in total.